The first-order chi connectivity index (χ1) is 8.24. The van der Waals surface area contributed by atoms with E-state index in [-0.39, 0.29) is 0 Å². The van der Waals surface area contributed by atoms with E-state index >= 15 is 0 Å². The molecular formula is C15H14ClN. The van der Waals surface area contributed by atoms with E-state index in [9.17, 15) is 0 Å². The highest BCUT2D eigenvalue weighted by atomic mass is 35.5. The lowest BCUT2D eigenvalue weighted by atomic mass is 9.97. The molecule has 0 unspecified atom stereocenters. The lowest BCUT2D eigenvalue weighted by Gasteiger charge is -2.08. The van der Waals surface area contributed by atoms with Crippen molar-refractivity contribution < 1.29 is 0 Å². The van der Waals surface area contributed by atoms with Gasteiger partial charge in [0.25, 0.3) is 0 Å². The number of hydrogen-bond acceptors (Lipinski definition) is 1. The zero-order valence-corrected chi connectivity index (χ0v) is 10.5. The number of benzene rings is 2. The molecule has 0 atom stereocenters. The highest BCUT2D eigenvalue weighted by Gasteiger charge is 2.11. The molecule has 0 saturated heterocycles. The van der Waals surface area contributed by atoms with Gasteiger partial charge in [-0.1, -0.05) is 29.8 Å². The smallest absolute Gasteiger partial charge is 0.0409 e. The number of fused-ring (bicyclic) bond motifs is 1. The van der Waals surface area contributed by atoms with Crippen molar-refractivity contribution in [2.45, 2.75) is 20.0 Å². The molecule has 2 aromatic rings. The second-order valence-corrected chi connectivity index (χ2v) is 4.98. The van der Waals surface area contributed by atoms with E-state index in [1.54, 1.807) is 0 Å². The van der Waals surface area contributed by atoms with Crippen LogP contribution in [0.15, 0.2) is 36.4 Å². The van der Waals surface area contributed by atoms with Gasteiger partial charge in [0.15, 0.2) is 0 Å². The summed E-state index contributed by atoms with van der Waals surface area (Å²) >= 11 is 5.99. The Morgan fingerprint density at radius 3 is 2.65 bits per heavy atom. The van der Waals surface area contributed by atoms with Crippen LogP contribution < -0.4 is 5.32 Å². The first-order valence-electron chi connectivity index (χ1n) is 5.83. The standard InChI is InChI=1S/C15H14ClN/c1-10-6-14(16)4-5-15(10)11-2-3-12-8-17-9-13(12)7-11/h2-7,17H,8-9H2,1H3. The maximum atomic E-state index is 5.99. The van der Waals surface area contributed by atoms with Gasteiger partial charge in [-0.15, -0.1) is 0 Å². The summed E-state index contributed by atoms with van der Waals surface area (Å²) < 4.78 is 0. The van der Waals surface area contributed by atoms with Gasteiger partial charge in [-0.25, -0.2) is 0 Å². The van der Waals surface area contributed by atoms with E-state index in [1.165, 1.54) is 27.8 Å². The van der Waals surface area contributed by atoms with Crippen LogP contribution in [0.1, 0.15) is 16.7 Å². The van der Waals surface area contributed by atoms with E-state index in [0.29, 0.717) is 0 Å². The summed E-state index contributed by atoms with van der Waals surface area (Å²) in [7, 11) is 0. The van der Waals surface area contributed by atoms with Gasteiger partial charge in [0.05, 0.1) is 0 Å². The molecule has 1 nitrogen and oxygen atoms in total. The Hall–Kier alpha value is -1.31. The molecule has 86 valence electrons. The van der Waals surface area contributed by atoms with Crippen LogP contribution in [0.5, 0.6) is 0 Å². The Morgan fingerprint density at radius 2 is 1.82 bits per heavy atom. The maximum Gasteiger partial charge on any atom is 0.0409 e. The highest BCUT2D eigenvalue weighted by Crippen LogP contribution is 2.28. The van der Waals surface area contributed by atoms with Crippen molar-refractivity contribution in [3.8, 4) is 11.1 Å². The second kappa shape index (κ2) is 4.17. The quantitative estimate of drug-likeness (QED) is 0.801. The van der Waals surface area contributed by atoms with E-state index in [2.05, 4.69) is 36.5 Å². The zero-order chi connectivity index (χ0) is 11.8. The van der Waals surface area contributed by atoms with Gasteiger partial charge in [-0.05, 0) is 52.9 Å². The molecule has 0 amide bonds. The fourth-order valence-corrected chi connectivity index (χ4v) is 2.64. The van der Waals surface area contributed by atoms with Crippen LogP contribution in [0.25, 0.3) is 11.1 Å². The fourth-order valence-electron chi connectivity index (χ4n) is 2.41. The lowest BCUT2D eigenvalue weighted by Crippen LogP contribution is -1.99. The first kappa shape index (κ1) is 10.8. The molecule has 0 radical (unpaired) electrons. The average molecular weight is 244 g/mol. The number of nitrogens with one attached hydrogen (secondary N) is 1. The average Bonchev–Trinajstić information content (AvgIpc) is 2.75. The van der Waals surface area contributed by atoms with Crippen molar-refractivity contribution in [3.05, 3.63) is 58.1 Å². The zero-order valence-electron chi connectivity index (χ0n) is 9.76. The summed E-state index contributed by atoms with van der Waals surface area (Å²) in [6.07, 6.45) is 0. The van der Waals surface area contributed by atoms with Gasteiger partial charge in [0, 0.05) is 18.1 Å². The van der Waals surface area contributed by atoms with E-state index in [0.717, 1.165) is 18.1 Å². The van der Waals surface area contributed by atoms with Crippen LogP contribution in [0, 0.1) is 6.92 Å². The van der Waals surface area contributed by atoms with Crippen molar-refractivity contribution in [1.29, 1.82) is 0 Å². The predicted octanol–water partition coefficient (Wildman–Crippen LogP) is 3.92. The Labute approximate surface area is 106 Å². The minimum absolute atomic E-state index is 0.800. The van der Waals surface area contributed by atoms with Crippen LogP contribution in [-0.4, -0.2) is 0 Å². The van der Waals surface area contributed by atoms with E-state index < -0.39 is 0 Å². The monoisotopic (exact) mass is 243 g/mol. The Balaban J connectivity index is 2.09. The van der Waals surface area contributed by atoms with Gasteiger partial charge in [-0.2, -0.15) is 0 Å². The molecule has 1 heterocycles. The summed E-state index contributed by atoms with van der Waals surface area (Å²) in [6, 6.07) is 12.8. The lowest BCUT2D eigenvalue weighted by molar-refractivity contribution is 0.765. The molecule has 2 aromatic carbocycles. The van der Waals surface area contributed by atoms with Gasteiger partial charge < -0.3 is 5.32 Å². The number of hydrogen-bond donors (Lipinski definition) is 1. The topological polar surface area (TPSA) is 12.0 Å². The second-order valence-electron chi connectivity index (χ2n) is 4.55. The third-order valence-corrected chi connectivity index (χ3v) is 3.57. The number of halogens is 1. The molecule has 1 N–H and O–H groups in total. The molecule has 0 fully saturated rings. The fraction of sp³-hybridized carbons (Fsp3) is 0.200. The van der Waals surface area contributed by atoms with Crippen molar-refractivity contribution in [2.24, 2.45) is 0 Å². The molecule has 3 rings (SSSR count). The Bertz CT molecular complexity index is 575. The molecule has 17 heavy (non-hydrogen) atoms. The van der Waals surface area contributed by atoms with Crippen molar-refractivity contribution in [2.75, 3.05) is 0 Å². The molecule has 1 aliphatic rings. The third kappa shape index (κ3) is 1.97. The van der Waals surface area contributed by atoms with Crippen LogP contribution in [-0.2, 0) is 13.1 Å². The van der Waals surface area contributed by atoms with Gasteiger partial charge >= 0.3 is 0 Å². The summed E-state index contributed by atoms with van der Waals surface area (Å²) in [5.41, 5.74) is 6.60. The van der Waals surface area contributed by atoms with Crippen molar-refractivity contribution >= 4 is 11.6 Å². The summed E-state index contributed by atoms with van der Waals surface area (Å²) in [5.74, 6) is 0. The largest absolute Gasteiger partial charge is 0.309 e. The van der Waals surface area contributed by atoms with E-state index in [4.69, 9.17) is 11.6 Å². The molecule has 0 aliphatic carbocycles. The Morgan fingerprint density at radius 1 is 1.00 bits per heavy atom. The Kier molecular flexibility index (Phi) is 2.65. The number of rotatable bonds is 1. The highest BCUT2D eigenvalue weighted by molar-refractivity contribution is 6.30. The minimum atomic E-state index is 0.800. The molecule has 0 saturated carbocycles. The summed E-state index contributed by atoms with van der Waals surface area (Å²) in [4.78, 5) is 0. The SMILES string of the molecule is Cc1cc(Cl)ccc1-c1ccc2c(c1)CNC2. The van der Waals surface area contributed by atoms with E-state index in [1.807, 2.05) is 12.1 Å². The molecule has 2 heteroatoms. The van der Waals surface area contributed by atoms with Gasteiger partial charge in [0.1, 0.15) is 0 Å². The van der Waals surface area contributed by atoms with Crippen LogP contribution in [0.4, 0.5) is 0 Å². The first-order valence-corrected chi connectivity index (χ1v) is 6.21. The maximum absolute atomic E-state index is 5.99. The normalized spacial score (nSPS) is 13.8. The molecule has 0 bridgehead atoms. The molecule has 1 aliphatic heterocycles. The molecule has 0 spiro atoms. The molecular weight excluding hydrogens is 230 g/mol. The third-order valence-electron chi connectivity index (χ3n) is 3.34. The van der Waals surface area contributed by atoms with Gasteiger partial charge in [-0.3, -0.25) is 0 Å². The number of aryl methyl sites for hydroxylation is 1. The van der Waals surface area contributed by atoms with Crippen molar-refractivity contribution in [3.63, 3.8) is 0 Å². The summed E-state index contributed by atoms with van der Waals surface area (Å²) in [6.45, 7) is 4.08. The molecule has 0 aromatic heterocycles. The predicted molar refractivity (Wildman–Crippen MR) is 72.2 cm³/mol. The van der Waals surface area contributed by atoms with Gasteiger partial charge in [0.2, 0.25) is 0 Å². The summed E-state index contributed by atoms with van der Waals surface area (Å²) in [5, 5.41) is 4.17. The van der Waals surface area contributed by atoms with Crippen LogP contribution >= 0.6 is 11.6 Å². The minimum Gasteiger partial charge on any atom is -0.309 e. The van der Waals surface area contributed by atoms with Crippen LogP contribution in [0.3, 0.4) is 0 Å². The van der Waals surface area contributed by atoms with Crippen LogP contribution in [0.2, 0.25) is 5.02 Å². The van der Waals surface area contributed by atoms with Crippen molar-refractivity contribution in [1.82, 2.24) is 5.32 Å².